The Hall–Kier alpha value is -2.72. The molecule has 160 valence electrons. The van der Waals surface area contributed by atoms with Gasteiger partial charge in [-0.1, -0.05) is 36.3 Å². The minimum atomic E-state index is -0.903. The van der Waals surface area contributed by atoms with Gasteiger partial charge < -0.3 is 15.3 Å². The summed E-state index contributed by atoms with van der Waals surface area (Å²) in [5.74, 6) is -0.903. The Morgan fingerprint density at radius 3 is 2.63 bits per heavy atom. The van der Waals surface area contributed by atoms with Gasteiger partial charge in [-0.3, -0.25) is 10.2 Å². The molecule has 1 aromatic heterocycles. The van der Waals surface area contributed by atoms with Gasteiger partial charge in [0.25, 0.3) is 0 Å². The van der Waals surface area contributed by atoms with Crippen molar-refractivity contribution in [2.24, 2.45) is 0 Å². The first-order valence-corrected chi connectivity index (χ1v) is 11.1. The summed E-state index contributed by atoms with van der Waals surface area (Å²) in [6.07, 6.45) is 4.43. The van der Waals surface area contributed by atoms with E-state index in [2.05, 4.69) is 30.6 Å². The molecule has 10 heteroatoms. The molecule has 2 fully saturated rings. The summed E-state index contributed by atoms with van der Waals surface area (Å²) >= 11 is 1.38. The van der Waals surface area contributed by atoms with Crippen LogP contribution in [-0.2, 0) is 6.54 Å². The Balaban J connectivity index is 1.25. The highest BCUT2D eigenvalue weighted by molar-refractivity contribution is 7.19. The number of carboxylic acids is 1. The smallest absolute Gasteiger partial charge is 0.335 e. The van der Waals surface area contributed by atoms with Crippen LogP contribution in [0.25, 0.3) is 0 Å². The minimum absolute atomic E-state index is 0.210. The largest absolute Gasteiger partial charge is 0.478 e. The van der Waals surface area contributed by atoms with Crippen molar-refractivity contribution >= 4 is 33.6 Å². The lowest BCUT2D eigenvalue weighted by atomic mass is 10.1. The lowest BCUT2D eigenvalue weighted by Crippen LogP contribution is -2.46. The number of rotatable bonds is 6. The fourth-order valence-corrected chi connectivity index (χ4v) is 4.73. The van der Waals surface area contributed by atoms with Crippen LogP contribution in [0.3, 0.4) is 0 Å². The fraction of sp³-hybridized carbons (Fsp3) is 0.500. The van der Waals surface area contributed by atoms with Gasteiger partial charge in [-0.05, 0) is 30.5 Å². The first kappa shape index (κ1) is 20.5. The zero-order chi connectivity index (χ0) is 20.9. The van der Waals surface area contributed by atoms with Crippen molar-refractivity contribution in [2.75, 3.05) is 36.4 Å². The molecule has 2 aliphatic rings. The van der Waals surface area contributed by atoms with Gasteiger partial charge in [0.1, 0.15) is 0 Å². The molecule has 0 unspecified atom stereocenters. The van der Waals surface area contributed by atoms with Crippen LogP contribution in [0, 0.1) is 0 Å². The molecule has 2 amide bonds. The normalized spacial score (nSPS) is 17.8. The highest BCUT2D eigenvalue weighted by Gasteiger charge is 2.22. The summed E-state index contributed by atoms with van der Waals surface area (Å²) in [5.41, 5.74) is 1.32. The van der Waals surface area contributed by atoms with Gasteiger partial charge >= 0.3 is 12.0 Å². The number of hydrogen-bond acceptors (Lipinski definition) is 7. The van der Waals surface area contributed by atoms with Crippen LogP contribution in [0.4, 0.5) is 15.1 Å². The number of carboxylic acid groups (broad SMARTS) is 1. The van der Waals surface area contributed by atoms with Crippen molar-refractivity contribution in [3.63, 3.8) is 0 Å². The first-order chi connectivity index (χ1) is 14.6. The summed E-state index contributed by atoms with van der Waals surface area (Å²) in [5, 5.41) is 24.6. The van der Waals surface area contributed by atoms with E-state index in [9.17, 15) is 9.59 Å². The molecule has 9 nitrogen and oxygen atoms in total. The molecule has 3 N–H and O–H groups in total. The average Bonchev–Trinajstić information content (AvgIpc) is 3.41. The van der Waals surface area contributed by atoms with Gasteiger partial charge in [0.2, 0.25) is 10.3 Å². The molecule has 2 aromatic rings. The second-order valence-electron chi connectivity index (χ2n) is 7.74. The number of hydrogen-bond donors (Lipinski definition) is 3. The number of amides is 2. The van der Waals surface area contributed by atoms with Crippen LogP contribution >= 0.6 is 11.3 Å². The predicted molar refractivity (Wildman–Crippen MR) is 115 cm³/mol. The third-order valence-electron chi connectivity index (χ3n) is 5.55. The Bertz CT molecular complexity index is 890. The van der Waals surface area contributed by atoms with E-state index < -0.39 is 5.97 Å². The minimum Gasteiger partial charge on any atom is -0.478 e. The van der Waals surface area contributed by atoms with Crippen LogP contribution in [0.5, 0.6) is 0 Å². The number of benzene rings is 1. The van der Waals surface area contributed by atoms with Crippen LogP contribution in [0.1, 0.15) is 41.6 Å². The molecule has 1 saturated carbocycles. The maximum Gasteiger partial charge on any atom is 0.335 e. The lowest BCUT2D eigenvalue weighted by Gasteiger charge is -2.34. The number of aromatic nitrogens is 2. The standard InChI is InChI=1S/C20H26N6O3S/c27-17(28)15-5-3-4-14(12-15)13-25-8-10-26(11-9-25)20-24-23-19(30-20)22-18(29)21-16-6-1-2-7-16/h3-5,12,16H,1-2,6-11,13H2,(H,27,28)(H2,21,22,23,29). The van der Waals surface area contributed by atoms with Crippen LogP contribution in [-0.4, -0.2) is 64.4 Å². The van der Waals surface area contributed by atoms with Gasteiger partial charge in [-0.15, -0.1) is 10.2 Å². The van der Waals surface area contributed by atoms with E-state index in [0.29, 0.717) is 10.7 Å². The SMILES string of the molecule is O=C(Nc1nnc(N2CCN(Cc3cccc(C(=O)O)c3)CC2)s1)NC1CCCC1. The number of nitrogens with one attached hydrogen (secondary N) is 2. The highest BCUT2D eigenvalue weighted by Crippen LogP contribution is 2.25. The van der Waals surface area contributed by atoms with Crippen molar-refractivity contribution in [1.82, 2.24) is 20.4 Å². The third kappa shape index (κ3) is 5.25. The predicted octanol–water partition coefficient (Wildman–Crippen LogP) is 2.62. The second-order valence-corrected chi connectivity index (χ2v) is 8.69. The zero-order valence-corrected chi connectivity index (χ0v) is 17.5. The molecule has 0 bridgehead atoms. The average molecular weight is 431 g/mol. The number of nitrogens with zero attached hydrogens (tertiary/aromatic N) is 4. The number of carbonyl (C=O) groups is 2. The third-order valence-corrected chi connectivity index (χ3v) is 6.45. The Morgan fingerprint density at radius 2 is 1.90 bits per heavy atom. The quantitative estimate of drug-likeness (QED) is 0.646. The lowest BCUT2D eigenvalue weighted by molar-refractivity contribution is 0.0696. The highest BCUT2D eigenvalue weighted by atomic mass is 32.1. The molecule has 0 atom stereocenters. The number of aromatic carboxylic acids is 1. The molecule has 2 heterocycles. The van der Waals surface area contributed by atoms with Crippen LogP contribution < -0.4 is 15.5 Å². The molecule has 4 rings (SSSR count). The Labute approximate surface area is 179 Å². The Kier molecular flexibility index (Phi) is 6.44. The fourth-order valence-electron chi connectivity index (χ4n) is 3.94. The molecule has 0 spiro atoms. The van der Waals surface area contributed by atoms with Gasteiger partial charge in [0.05, 0.1) is 5.56 Å². The molecule has 1 saturated heterocycles. The maximum atomic E-state index is 12.1. The monoisotopic (exact) mass is 430 g/mol. The van der Waals surface area contributed by atoms with E-state index in [0.717, 1.165) is 56.3 Å². The van der Waals surface area contributed by atoms with E-state index in [1.165, 1.54) is 24.2 Å². The summed E-state index contributed by atoms with van der Waals surface area (Å²) in [4.78, 5) is 27.7. The number of piperazine rings is 1. The molecular formula is C20H26N6O3S. The van der Waals surface area contributed by atoms with E-state index in [1.807, 2.05) is 6.07 Å². The molecule has 1 aliphatic carbocycles. The van der Waals surface area contributed by atoms with Crippen molar-refractivity contribution < 1.29 is 14.7 Å². The summed E-state index contributed by atoms with van der Waals surface area (Å²) in [7, 11) is 0. The molecule has 1 aromatic carbocycles. The molecular weight excluding hydrogens is 404 g/mol. The number of urea groups is 1. The first-order valence-electron chi connectivity index (χ1n) is 10.3. The number of carbonyl (C=O) groups excluding carboxylic acids is 1. The molecule has 30 heavy (non-hydrogen) atoms. The van der Waals surface area contributed by atoms with Crippen molar-refractivity contribution in [1.29, 1.82) is 0 Å². The van der Waals surface area contributed by atoms with Crippen molar-refractivity contribution in [3.8, 4) is 0 Å². The van der Waals surface area contributed by atoms with Gasteiger partial charge in [-0.2, -0.15) is 0 Å². The van der Waals surface area contributed by atoms with Crippen molar-refractivity contribution in [2.45, 2.75) is 38.3 Å². The van der Waals surface area contributed by atoms with Crippen LogP contribution in [0.15, 0.2) is 24.3 Å². The Morgan fingerprint density at radius 1 is 1.13 bits per heavy atom. The van der Waals surface area contributed by atoms with Crippen LogP contribution in [0.2, 0.25) is 0 Å². The summed E-state index contributed by atoms with van der Waals surface area (Å²) in [6.45, 7) is 4.03. The van der Waals surface area contributed by atoms with Gasteiger partial charge in [0.15, 0.2) is 0 Å². The van der Waals surface area contributed by atoms with E-state index in [1.54, 1.807) is 18.2 Å². The topological polar surface area (TPSA) is 111 Å². The number of anilines is 2. The van der Waals surface area contributed by atoms with E-state index in [4.69, 9.17) is 5.11 Å². The summed E-state index contributed by atoms with van der Waals surface area (Å²) in [6, 6.07) is 7.14. The molecule has 0 radical (unpaired) electrons. The second kappa shape index (κ2) is 9.40. The maximum absolute atomic E-state index is 12.1. The molecule has 1 aliphatic heterocycles. The van der Waals surface area contributed by atoms with Gasteiger partial charge in [-0.25, -0.2) is 9.59 Å². The van der Waals surface area contributed by atoms with E-state index in [-0.39, 0.29) is 12.1 Å². The van der Waals surface area contributed by atoms with E-state index >= 15 is 0 Å². The zero-order valence-electron chi connectivity index (χ0n) is 16.7. The summed E-state index contributed by atoms with van der Waals surface area (Å²) < 4.78 is 0. The van der Waals surface area contributed by atoms with Gasteiger partial charge in [0, 0.05) is 38.8 Å². The van der Waals surface area contributed by atoms with Crippen molar-refractivity contribution in [3.05, 3.63) is 35.4 Å².